The molecule has 2 unspecified atom stereocenters. The Morgan fingerprint density at radius 3 is 2.17 bits per heavy atom. The summed E-state index contributed by atoms with van der Waals surface area (Å²) in [5.74, 6) is 0. The lowest BCUT2D eigenvalue weighted by Crippen LogP contribution is -2.50. The molecule has 0 aromatic rings. The predicted octanol–water partition coefficient (Wildman–Crippen LogP) is 2.17. The molecule has 1 aliphatic rings. The van der Waals surface area contributed by atoms with Gasteiger partial charge in [0.1, 0.15) is 18.3 Å². The molecule has 1 rings (SSSR count). The second kappa shape index (κ2) is 5.59. The molecule has 0 aromatic carbocycles. The number of ether oxygens (including phenoxy) is 2. The van der Waals surface area contributed by atoms with Crippen LogP contribution in [0.5, 0.6) is 0 Å². The van der Waals surface area contributed by atoms with E-state index in [4.69, 9.17) is 13.9 Å². The van der Waals surface area contributed by atoms with Crippen LogP contribution in [0.25, 0.3) is 0 Å². The first-order valence-corrected chi connectivity index (χ1v) is 9.52. The maximum Gasteiger partial charge on any atom is 0.192 e. The molecule has 1 saturated heterocycles. The highest BCUT2D eigenvalue weighted by Crippen LogP contribution is 2.40. The Morgan fingerprint density at radius 2 is 1.78 bits per heavy atom. The Morgan fingerprint density at radius 1 is 1.22 bits per heavy atom. The summed E-state index contributed by atoms with van der Waals surface area (Å²) in [6, 6.07) is 0. The first-order valence-electron chi connectivity index (χ1n) is 6.61. The average Bonchev–Trinajstić information content (AvgIpc) is 2.52. The molecular weight excluding hydrogens is 248 g/mol. The SMILES string of the molecule is COC1C(O[Si](C)(C)C(C)(C)C)[C@@H](CO)O[C@H]1C. The number of rotatable bonds is 4. The fourth-order valence-electron chi connectivity index (χ4n) is 2.04. The fourth-order valence-corrected chi connectivity index (χ4v) is 3.36. The lowest BCUT2D eigenvalue weighted by molar-refractivity contribution is -0.0139. The second-order valence-corrected chi connectivity index (χ2v) is 11.4. The van der Waals surface area contributed by atoms with Crippen LogP contribution < -0.4 is 0 Å². The topological polar surface area (TPSA) is 47.9 Å². The summed E-state index contributed by atoms with van der Waals surface area (Å²) in [6.07, 6.45) is -0.590. The van der Waals surface area contributed by atoms with E-state index in [1.54, 1.807) is 7.11 Å². The molecule has 1 N–H and O–H groups in total. The van der Waals surface area contributed by atoms with Crippen LogP contribution in [0.3, 0.4) is 0 Å². The molecule has 1 fully saturated rings. The molecule has 4 atom stereocenters. The van der Waals surface area contributed by atoms with Crippen LogP contribution in [0.1, 0.15) is 27.7 Å². The van der Waals surface area contributed by atoms with Crippen molar-refractivity contribution in [2.45, 2.75) is 70.2 Å². The molecule has 0 radical (unpaired) electrons. The van der Waals surface area contributed by atoms with Gasteiger partial charge in [-0.1, -0.05) is 20.8 Å². The number of aliphatic hydroxyl groups is 1. The van der Waals surface area contributed by atoms with Crippen molar-refractivity contribution in [2.24, 2.45) is 0 Å². The summed E-state index contributed by atoms with van der Waals surface area (Å²) in [4.78, 5) is 0. The Labute approximate surface area is 112 Å². The van der Waals surface area contributed by atoms with Crippen LogP contribution in [0.2, 0.25) is 18.1 Å². The Kier molecular flexibility index (Phi) is 5.00. The number of hydrogen-bond acceptors (Lipinski definition) is 4. The standard InChI is InChI=1S/C13H28O4Si/c1-9-11(15-5)12(10(8-14)16-9)17-18(6,7)13(2,3)4/h9-12,14H,8H2,1-7H3/t9-,10+,11?,12?/m0/s1. The van der Waals surface area contributed by atoms with E-state index in [9.17, 15) is 5.11 Å². The summed E-state index contributed by atoms with van der Waals surface area (Å²) in [6.45, 7) is 13.0. The minimum Gasteiger partial charge on any atom is -0.408 e. The molecule has 5 heteroatoms. The van der Waals surface area contributed by atoms with E-state index in [2.05, 4.69) is 33.9 Å². The van der Waals surface area contributed by atoms with Gasteiger partial charge in [-0.3, -0.25) is 0 Å². The minimum atomic E-state index is -1.89. The molecule has 18 heavy (non-hydrogen) atoms. The first kappa shape index (κ1) is 16.1. The molecule has 1 heterocycles. The van der Waals surface area contributed by atoms with Crippen LogP contribution in [-0.2, 0) is 13.9 Å². The third-order valence-electron chi connectivity index (χ3n) is 4.23. The zero-order valence-corrected chi connectivity index (χ0v) is 13.7. The van der Waals surface area contributed by atoms with Gasteiger partial charge in [0.15, 0.2) is 8.32 Å². The van der Waals surface area contributed by atoms with Crippen molar-refractivity contribution in [3.05, 3.63) is 0 Å². The minimum absolute atomic E-state index is 0.0243. The van der Waals surface area contributed by atoms with Crippen molar-refractivity contribution in [3.63, 3.8) is 0 Å². The monoisotopic (exact) mass is 276 g/mol. The highest BCUT2D eigenvalue weighted by molar-refractivity contribution is 6.74. The second-order valence-electron chi connectivity index (χ2n) is 6.61. The van der Waals surface area contributed by atoms with Crippen molar-refractivity contribution in [1.82, 2.24) is 0 Å². The predicted molar refractivity (Wildman–Crippen MR) is 74.3 cm³/mol. The first-order chi connectivity index (χ1) is 8.14. The lowest BCUT2D eigenvalue weighted by atomic mass is 10.1. The zero-order chi connectivity index (χ0) is 14.1. The van der Waals surface area contributed by atoms with E-state index in [0.29, 0.717) is 0 Å². The zero-order valence-electron chi connectivity index (χ0n) is 12.7. The van der Waals surface area contributed by atoms with Gasteiger partial charge < -0.3 is 19.0 Å². The Balaban J connectivity index is 2.85. The van der Waals surface area contributed by atoms with E-state index < -0.39 is 8.32 Å². The summed E-state index contributed by atoms with van der Waals surface area (Å²) >= 11 is 0. The lowest BCUT2D eigenvalue weighted by Gasteiger charge is -2.40. The van der Waals surface area contributed by atoms with Gasteiger partial charge in [0.2, 0.25) is 0 Å². The summed E-state index contributed by atoms with van der Waals surface area (Å²) in [5, 5.41) is 9.56. The van der Waals surface area contributed by atoms with Gasteiger partial charge in [-0.05, 0) is 25.1 Å². The highest BCUT2D eigenvalue weighted by atomic mass is 28.4. The molecule has 4 nitrogen and oxygen atoms in total. The third kappa shape index (κ3) is 3.14. The van der Waals surface area contributed by atoms with Crippen LogP contribution in [0.15, 0.2) is 0 Å². The molecule has 0 aromatic heterocycles. The summed E-state index contributed by atoms with van der Waals surface area (Å²) < 4.78 is 17.6. The van der Waals surface area contributed by atoms with Gasteiger partial charge >= 0.3 is 0 Å². The highest BCUT2D eigenvalue weighted by Gasteiger charge is 2.48. The average molecular weight is 276 g/mol. The van der Waals surface area contributed by atoms with E-state index in [1.807, 2.05) is 6.92 Å². The smallest absolute Gasteiger partial charge is 0.192 e. The van der Waals surface area contributed by atoms with E-state index in [0.717, 1.165) is 0 Å². The quantitative estimate of drug-likeness (QED) is 0.800. The normalized spacial score (nSPS) is 34.0. The molecule has 108 valence electrons. The van der Waals surface area contributed by atoms with Crippen molar-refractivity contribution < 1.29 is 19.0 Å². The number of methoxy groups -OCH3 is 1. The van der Waals surface area contributed by atoms with Crippen molar-refractivity contribution in [3.8, 4) is 0 Å². The maximum absolute atomic E-state index is 9.42. The fraction of sp³-hybridized carbons (Fsp3) is 1.00. The van der Waals surface area contributed by atoms with Gasteiger partial charge in [0.05, 0.1) is 12.7 Å². The number of aliphatic hydroxyl groups excluding tert-OH is 1. The maximum atomic E-state index is 9.42. The third-order valence-corrected chi connectivity index (χ3v) is 8.71. The van der Waals surface area contributed by atoms with E-state index in [1.165, 1.54) is 0 Å². The molecule has 0 amide bonds. The van der Waals surface area contributed by atoms with Gasteiger partial charge in [0, 0.05) is 7.11 Å². The van der Waals surface area contributed by atoms with Gasteiger partial charge in [-0.15, -0.1) is 0 Å². The van der Waals surface area contributed by atoms with Crippen LogP contribution in [0, 0.1) is 0 Å². The van der Waals surface area contributed by atoms with Crippen molar-refractivity contribution in [1.29, 1.82) is 0 Å². The summed E-state index contributed by atoms with van der Waals surface area (Å²) in [5.41, 5.74) is 0. The molecule has 0 aliphatic carbocycles. The van der Waals surface area contributed by atoms with E-state index in [-0.39, 0.29) is 36.1 Å². The van der Waals surface area contributed by atoms with E-state index >= 15 is 0 Å². The van der Waals surface area contributed by atoms with Gasteiger partial charge in [-0.2, -0.15) is 0 Å². The molecule has 1 aliphatic heterocycles. The number of hydrogen-bond donors (Lipinski definition) is 1. The van der Waals surface area contributed by atoms with Crippen LogP contribution in [-0.4, -0.2) is 51.6 Å². The Bertz CT molecular complexity index is 275. The Hall–Kier alpha value is 0.0569. The molecule has 0 spiro atoms. The van der Waals surface area contributed by atoms with Crippen LogP contribution >= 0.6 is 0 Å². The largest absolute Gasteiger partial charge is 0.408 e. The van der Waals surface area contributed by atoms with Crippen molar-refractivity contribution in [2.75, 3.05) is 13.7 Å². The molecule has 0 bridgehead atoms. The van der Waals surface area contributed by atoms with Gasteiger partial charge in [-0.25, -0.2) is 0 Å². The molecular formula is C13H28O4Si. The van der Waals surface area contributed by atoms with Crippen LogP contribution in [0.4, 0.5) is 0 Å². The van der Waals surface area contributed by atoms with Crippen molar-refractivity contribution >= 4 is 8.32 Å². The summed E-state index contributed by atoms with van der Waals surface area (Å²) in [7, 11) is -0.214. The molecule has 0 saturated carbocycles. The van der Waals surface area contributed by atoms with Gasteiger partial charge in [0.25, 0.3) is 0 Å².